The Balaban J connectivity index is 1.46. The number of hydrogen-bond acceptors (Lipinski definition) is 6. The first-order valence-corrected chi connectivity index (χ1v) is 11.2. The molecule has 3 aromatic heterocycles. The van der Waals surface area contributed by atoms with E-state index in [1.807, 2.05) is 30.3 Å². The fourth-order valence-electron chi connectivity index (χ4n) is 4.23. The molecule has 1 atom stereocenters. The maximum atomic E-state index is 12.9. The Kier molecular flexibility index (Phi) is 5.25. The van der Waals surface area contributed by atoms with Crippen molar-refractivity contribution in [3.8, 4) is 0 Å². The molecule has 0 N–H and O–H groups in total. The van der Waals surface area contributed by atoms with Crippen LogP contribution in [-0.2, 0) is 11.3 Å². The molecule has 1 aromatic carbocycles. The van der Waals surface area contributed by atoms with Gasteiger partial charge in [-0.1, -0.05) is 24.3 Å². The van der Waals surface area contributed by atoms with Crippen molar-refractivity contribution in [3.63, 3.8) is 0 Å². The number of aromatic nitrogens is 1. The standard InChI is InChI=1S/C24H25N3O3S/c1-15-16-7-4-5-9-18(16)30-19(15)13-27-11-12-29-20(14-27)21-17-8-6-10-25-23(17)31-22(21)24(28)26(2)3/h4-10,20H,11-14H2,1-3H3/t20-/m1/s1. The van der Waals surface area contributed by atoms with E-state index in [1.165, 1.54) is 16.9 Å². The minimum atomic E-state index is -0.185. The first kappa shape index (κ1) is 20.2. The maximum absolute atomic E-state index is 12.9. The van der Waals surface area contributed by atoms with Gasteiger partial charge in [-0.25, -0.2) is 4.98 Å². The van der Waals surface area contributed by atoms with Crippen molar-refractivity contribution in [2.24, 2.45) is 0 Å². The van der Waals surface area contributed by atoms with Crippen LogP contribution in [0.5, 0.6) is 0 Å². The van der Waals surface area contributed by atoms with Crippen molar-refractivity contribution in [2.75, 3.05) is 33.8 Å². The topological polar surface area (TPSA) is 58.8 Å². The number of carbonyl (C=O) groups excluding carboxylic acids is 1. The smallest absolute Gasteiger partial charge is 0.263 e. The van der Waals surface area contributed by atoms with Crippen molar-refractivity contribution in [2.45, 2.75) is 19.6 Å². The van der Waals surface area contributed by atoms with E-state index >= 15 is 0 Å². The number of rotatable bonds is 4. The molecular formula is C24H25N3O3S. The number of ether oxygens (including phenoxy) is 1. The van der Waals surface area contributed by atoms with Crippen molar-refractivity contribution in [1.82, 2.24) is 14.8 Å². The predicted molar refractivity (Wildman–Crippen MR) is 123 cm³/mol. The third-order valence-corrected chi connectivity index (χ3v) is 7.00. The van der Waals surface area contributed by atoms with Crippen LogP contribution in [0.2, 0.25) is 0 Å². The quantitative estimate of drug-likeness (QED) is 0.468. The average molecular weight is 436 g/mol. The van der Waals surface area contributed by atoms with Gasteiger partial charge in [-0.15, -0.1) is 11.3 Å². The van der Waals surface area contributed by atoms with E-state index in [-0.39, 0.29) is 12.0 Å². The summed E-state index contributed by atoms with van der Waals surface area (Å²) in [5, 5.41) is 2.17. The highest BCUT2D eigenvalue weighted by atomic mass is 32.1. The first-order valence-electron chi connectivity index (χ1n) is 10.4. The van der Waals surface area contributed by atoms with Gasteiger partial charge in [0.25, 0.3) is 5.91 Å². The molecule has 0 unspecified atom stereocenters. The molecule has 1 aliphatic rings. The van der Waals surface area contributed by atoms with Crippen molar-refractivity contribution in [3.05, 3.63) is 64.4 Å². The molecule has 0 radical (unpaired) electrons. The van der Waals surface area contributed by atoms with Gasteiger partial charge in [0.05, 0.1) is 19.3 Å². The number of morpholine rings is 1. The highest BCUT2D eigenvalue weighted by molar-refractivity contribution is 7.20. The van der Waals surface area contributed by atoms with Gasteiger partial charge in [0.2, 0.25) is 0 Å². The number of fused-ring (bicyclic) bond motifs is 2. The van der Waals surface area contributed by atoms with E-state index in [0.717, 1.165) is 45.6 Å². The molecule has 5 rings (SSSR count). The van der Waals surface area contributed by atoms with Gasteiger partial charge >= 0.3 is 0 Å². The highest BCUT2D eigenvalue weighted by Crippen LogP contribution is 2.38. The normalized spacial score (nSPS) is 17.5. The second kappa shape index (κ2) is 8.07. The third kappa shape index (κ3) is 3.63. The first-order chi connectivity index (χ1) is 15.0. The second-order valence-electron chi connectivity index (χ2n) is 8.14. The van der Waals surface area contributed by atoms with Gasteiger partial charge in [-0.05, 0) is 24.6 Å². The Morgan fingerprint density at radius 1 is 1.23 bits per heavy atom. The van der Waals surface area contributed by atoms with E-state index in [4.69, 9.17) is 9.15 Å². The molecule has 1 saturated heterocycles. The maximum Gasteiger partial charge on any atom is 0.263 e. The fourth-order valence-corrected chi connectivity index (χ4v) is 5.45. The van der Waals surface area contributed by atoms with Gasteiger partial charge in [-0.3, -0.25) is 9.69 Å². The number of para-hydroxylation sites is 1. The van der Waals surface area contributed by atoms with Crippen LogP contribution >= 0.6 is 11.3 Å². The molecular weight excluding hydrogens is 410 g/mol. The van der Waals surface area contributed by atoms with E-state index < -0.39 is 0 Å². The number of hydrogen-bond donors (Lipinski definition) is 0. The summed E-state index contributed by atoms with van der Waals surface area (Å²) >= 11 is 1.45. The fraction of sp³-hybridized carbons (Fsp3) is 0.333. The third-order valence-electron chi connectivity index (χ3n) is 5.89. The summed E-state index contributed by atoms with van der Waals surface area (Å²) in [5.74, 6) is 0.982. The molecule has 0 saturated carbocycles. The molecule has 0 bridgehead atoms. The Hall–Kier alpha value is -2.74. The van der Waals surface area contributed by atoms with E-state index in [1.54, 1.807) is 25.2 Å². The Bertz CT molecular complexity index is 1260. The van der Waals surface area contributed by atoms with Crippen LogP contribution in [0.25, 0.3) is 21.2 Å². The zero-order valence-electron chi connectivity index (χ0n) is 17.9. The lowest BCUT2D eigenvalue weighted by Gasteiger charge is -2.33. The highest BCUT2D eigenvalue weighted by Gasteiger charge is 2.31. The number of nitrogens with zero attached hydrogens (tertiary/aromatic N) is 3. The summed E-state index contributed by atoms with van der Waals surface area (Å²) in [6, 6.07) is 12.1. The molecule has 7 heteroatoms. The zero-order valence-corrected chi connectivity index (χ0v) is 18.7. The van der Waals surface area contributed by atoms with Gasteiger partial charge in [-0.2, -0.15) is 0 Å². The lowest BCUT2D eigenvalue weighted by atomic mass is 10.0. The van der Waals surface area contributed by atoms with Crippen LogP contribution in [0.15, 0.2) is 47.0 Å². The second-order valence-corrected chi connectivity index (χ2v) is 9.14. The molecule has 1 aliphatic heterocycles. The molecule has 160 valence electrons. The largest absolute Gasteiger partial charge is 0.459 e. The Morgan fingerprint density at radius 2 is 2.03 bits per heavy atom. The molecule has 1 amide bonds. The molecule has 6 nitrogen and oxygen atoms in total. The summed E-state index contributed by atoms with van der Waals surface area (Å²) in [5.41, 5.74) is 3.07. The number of amides is 1. The van der Waals surface area contributed by atoms with Crippen LogP contribution in [0.3, 0.4) is 0 Å². The summed E-state index contributed by atoms with van der Waals surface area (Å²) < 4.78 is 12.3. The number of pyridine rings is 1. The lowest BCUT2D eigenvalue weighted by Crippen LogP contribution is -2.38. The minimum absolute atomic E-state index is 0.00754. The van der Waals surface area contributed by atoms with E-state index in [0.29, 0.717) is 18.0 Å². The SMILES string of the molecule is Cc1c(CN2CCO[C@@H](c3c(C(=O)N(C)C)sc4ncccc34)C2)oc2ccccc12. The van der Waals surface area contributed by atoms with Gasteiger partial charge in [0.15, 0.2) is 0 Å². The predicted octanol–water partition coefficient (Wildman–Crippen LogP) is 4.63. The number of benzene rings is 1. The van der Waals surface area contributed by atoms with Crippen molar-refractivity contribution < 1.29 is 13.9 Å². The summed E-state index contributed by atoms with van der Waals surface area (Å²) in [6.07, 6.45) is 1.58. The molecule has 4 aromatic rings. The molecule has 31 heavy (non-hydrogen) atoms. The van der Waals surface area contributed by atoms with E-state index in [9.17, 15) is 4.79 Å². The monoisotopic (exact) mass is 435 g/mol. The van der Waals surface area contributed by atoms with Crippen molar-refractivity contribution >= 4 is 38.4 Å². The Morgan fingerprint density at radius 3 is 2.84 bits per heavy atom. The molecule has 0 spiro atoms. The summed E-state index contributed by atoms with van der Waals surface area (Å²) in [7, 11) is 3.56. The number of furan rings is 1. The number of carbonyl (C=O) groups is 1. The summed E-state index contributed by atoms with van der Waals surface area (Å²) in [6.45, 7) is 4.97. The van der Waals surface area contributed by atoms with E-state index in [2.05, 4.69) is 22.9 Å². The van der Waals surface area contributed by atoms with Gasteiger partial charge < -0.3 is 14.1 Å². The minimum Gasteiger partial charge on any atom is -0.459 e. The number of aryl methyl sites for hydroxylation is 1. The van der Waals surface area contributed by atoms with Gasteiger partial charge in [0.1, 0.15) is 21.1 Å². The van der Waals surface area contributed by atoms with Crippen LogP contribution in [0, 0.1) is 6.92 Å². The van der Waals surface area contributed by atoms with Crippen LogP contribution < -0.4 is 0 Å². The van der Waals surface area contributed by atoms with Gasteiger partial charge in [0, 0.05) is 49.7 Å². The molecule has 0 aliphatic carbocycles. The molecule has 1 fully saturated rings. The van der Waals surface area contributed by atoms with Crippen LogP contribution in [0.4, 0.5) is 0 Å². The average Bonchev–Trinajstić information content (AvgIpc) is 3.31. The Labute approximate surface area is 185 Å². The van der Waals surface area contributed by atoms with Crippen LogP contribution in [-0.4, -0.2) is 54.5 Å². The van der Waals surface area contributed by atoms with Crippen molar-refractivity contribution in [1.29, 1.82) is 0 Å². The molecule has 4 heterocycles. The summed E-state index contributed by atoms with van der Waals surface area (Å²) in [4.78, 5) is 23.0. The van der Waals surface area contributed by atoms with Crippen LogP contribution in [0.1, 0.15) is 32.7 Å². The number of thiophene rings is 1. The lowest BCUT2D eigenvalue weighted by molar-refractivity contribution is -0.0341. The zero-order chi connectivity index (χ0) is 21.5.